The lowest BCUT2D eigenvalue weighted by atomic mass is 10.2. The highest BCUT2D eigenvalue weighted by Crippen LogP contribution is 2.09. The summed E-state index contributed by atoms with van der Waals surface area (Å²) in [6, 6.07) is -0.0282. The third-order valence-corrected chi connectivity index (χ3v) is 1.88. The Morgan fingerprint density at radius 3 is 2.47 bits per heavy atom. The van der Waals surface area contributed by atoms with Crippen molar-refractivity contribution in [3.05, 3.63) is 24.0 Å². The molecule has 0 aromatic carbocycles. The minimum atomic E-state index is -0.577. The molecule has 1 aromatic rings. The molecular formula is C13H20N4O2. The zero-order valence-corrected chi connectivity index (χ0v) is 11.7. The molecule has 0 saturated heterocycles. The van der Waals surface area contributed by atoms with Crippen LogP contribution in [-0.2, 0) is 4.74 Å². The maximum absolute atomic E-state index is 11.5. The summed E-state index contributed by atoms with van der Waals surface area (Å²) < 4.78 is 5.09. The quantitative estimate of drug-likeness (QED) is 0.873. The van der Waals surface area contributed by atoms with E-state index in [1.807, 2.05) is 19.1 Å². The van der Waals surface area contributed by atoms with Crippen LogP contribution in [0.5, 0.6) is 0 Å². The van der Waals surface area contributed by atoms with Crippen LogP contribution >= 0.6 is 0 Å². The van der Waals surface area contributed by atoms with E-state index in [0.29, 0.717) is 0 Å². The predicted octanol–water partition coefficient (Wildman–Crippen LogP) is 2.18. The molecule has 0 aliphatic carbocycles. The molecule has 0 radical (unpaired) electrons. The molecule has 1 atom stereocenters. The number of anilines is 1. The summed E-state index contributed by atoms with van der Waals surface area (Å²) in [7, 11) is 0. The van der Waals surface area contributed by atoms with Crippen molar-refractivity contribution in [2.45, 2.75) is 39.3 Å². The number of hydrogen-bond donors (Lipinski definition) is 2. The third-order valence-electron chi connectivity index (χ3n) is 1.88. The van der Waals surface area contributed by atoms with Gasteiger partial charge in [-0.25, -0.2) is 14.8 Å². The van der Waals surface area contributed by atoms with Crippen LogP contribution in [0.25, 0.3) is 6.08 Å². The average Bonchev–Trinajstić information content (AvgIpc) is 2.25. The van der Waals surface area contributed by atoms with Gasteiger partial charge in [0.1, 0.15) is 5.60 Å². The van der Waals surface area contributed by atoms with Gasteiger partial charge < -0.3 is 10.5 Å². The molecule has 0 spiro atoms. The molecule has 0 aliphatic heterocycles. The second-order valence-electron chi connectivity index (χ2n) is 5.19. The van der Waals surface area contributed by atoms with Gasteiger partial charge in [-0.05, 0) is 27.7 Å². The summed E-state index contributed by atoms with van der Waals surface area (Å²) in [5.74, 6) is 0.201. The first-order valence-electron chi connectivity index (χ1n) is 6.02. The van der Waals surface area contributed by atoms with E-state index in [9.17, 15) is 4.79 Å². The summed E-state index contributed by atoms with van der Waals surface area (Å²) in [4.78, 5) is 19.5. The summed E-state index contributed by atoms with van der Waals surface area (Å²) in [6.07, 6.45) is 6.27. The highest BCUT2D eigenvalue weighted by atomic mass is 16.6. The van der Waals surface area contributed by atoms with Gasteiger partial charge in [0.25, 0.3) is 0 Å². The number of nitrogens with two attached hydrogens (primary N) is 1. The number of amides is 1. The number of carbonyl (C=O) groups excluding carboxylic acids is 1. The molecular weight excluding hydrogens is 244 g/mol. The summed E-state index contributed by atoms with van der Waals surface area (Å²) in [6.45, 7) is 7.23. The lowest BCUT2D eigenvalue weighted by molar-refractivity contribution is 0.0634. The first-order chi connectivity index (χ1) is 8.76. The number of hydrogen-bond acceptors (Lipinski definition) is 5. The van der Waals surface area contributed by atoms with Gasteiger partial charge in [0, 0.05) is 24.0 Å². The SMILES string of the molecule is CC(N)/C=C/c1cnc(NC(=O)OC(C)(C)C)nc1. The Labute approximate surface area is 113 Å². The Morgan fingerprint density at radius 1 is 1.42 bits per heavy atom. The predicted molar refractivity (Wildman–Crippen MR) is 74.6 cm³/mol. The normalized spacial score (nSPS) is 13.3. The topological polar surface area (TPSA) is 90.1 Å². The molecule has 1 heterocycles. The Balaban J connectivity index is 2.60. The fourth-order valence-corrected chi connectivity index (χ4v) is 1.15. The van der Waals surface area contributed by atoms with Gasteiger partial charge >= 0.3 is 6.09 Å². The van der Waals surface area contributed by atoms with Gasteiger partial charge in [-0.1, -0.05) is 12.2 Å². The van der Waals surface area contributed by atoms with Crippen molar-refractivity contribution in [1.29, 1.82) is 0 Å². The molecule has 0 saturated carbocycles. The fourth-order valence-electron chi connectivity index (χ4n) is 1.15. The van der Waals surface area contributed by atoms with Crippen molar-refractivity contribution in [1.82, 2.24) is 9.97 Å². The van der Waals surface area contributed by atoms with Crippen LogP contribution in [0, 0.1) is 0 Å². The Hall–Kier alpha value is -1.95. The summed E-state index contributed by atoms with van der Waals surface area (Å²) in [5, 5.41) is 2.46. The molecule has 1 amide bonds. The van der Waals surface area contributed by atoms with Gasteiger partial charge in [0.2, 0.25) is 5.95 Å². The van der Waals surface area contributed by atoms with Gasteiger partial charge in [-0.2, -0.15) is 0 Å². The van der Waals surface area contributed by atoms with Crippen molar-refractivity contribution >= 4 is 18.1 Å². The molecule has 1 unspecified atom stereocenters. The second-order valence-corrected chi connectivity index (χ2v) is 5.19. The molecule has 0 fully saturated rings. The van der Waals surface area contributed by atoms with Crippen molar-refractivity contribution in [3.8, 4) is 0 Å². The Bertz CT molecular complexity index is 447. The number of ether oxygens (including phenoxy) is 1. The van der Waals surface area contributed by atoms with E-state index < -0.39 is 11.7 Å². The number of rotatable bonds is 3. The van der Waals surface area contributed by atoms with Gasteiger partial charge in [-0.3, -0.25) is 5.32 Å². The zero-order chi connectivity index (χ0) is 14.5. The number of carbonyl (C=O) groups is 1. The number of nitrogens with zero attached hydrogens (tertiary/aromatic N) is 2. The van der Waals surface area contributed by atoms with Gasteiger partial charge in [-0.15, -0.1) is 0 Å². The molecule has 6 nitrogen and oxygen atoms in total. The van der Waals surface area contributed by atoms with Crippen LogP contribution in [0.2, 0.25) is 0 Å². The van der Waals surface area contributed by atoms with E-state index in [1.54, 1.807) is 33.2 Å². The zero-order valence-electron chi connectivity index (χ0n) is 11.7. The highest BCUT2D eigenvalue weighted by molar-refractivity contribution is 5.82. The smallest absolute Gasteiger partial charge is 0.414 e. The van der Waals surface area contributed by atoms with E-state index in [2.05, 4.69) is 15.3 Å². The first-order valence-corrected chi connectivity index (χ1v) is 6.02. The van der Waals surface area contributed by atoms with E-state index in [0.717, 1.165) is 5.56 Å². The summed E-state index contributed by atoms with van der Waals surface area (Å²) in [5.41, 5.74) is 5.85. The lowest BCUT2D eigenvalue weighted by Crippen LogP contribution is -2.27. The van der Waals surface area contributed by atoms with Crippen LogP contribution in [0.15, 0.2) is 18.5 Å². The molecule has 0 aliphatic rings. The average molecular weight is 264 g/mol. The lowest BCUT2D eigenvalue weighted by Gasteiger charge is -2.19. The minimum absolute atomic E-state index is 0.0282. The number of nitrogens with one attached hydrogen (secondary N) is 1. The molecule has 0 bridgehead atoms. The van der Waals surface area contributed by atoms with E-state index in [-0.39, 0.29) is 12.0 Å². The molecule has 1 rings (SSSR count). The van der Waals surface area contributed by atoms with Crippen LogP contribution in [0.4, 0.5) is 10.7 Å². The largest absolute Gasteiger partial charge is 0.444 e. The monoisotopic (exact) mass is 264 g/mol. The molecule has 1 aromatic heterocycles. The Morgan fingerprint density at radius 2 is 2.00 bits per heavy atom. The number of aromatic nitrogens is 2. The minimum Gasteiger partial charge on any atom is -0.444 e. The molecule has 6 heteroatoms. The summed E-state index contributed by atoms with van der Waals surface area (Å²) >= 11 is 0. The van der Waals surface area contributed by atoms with Crippen LogP contribution in [-0.4, -0.2) is 27.7 Å². The molecule has 104 valence electrons. The van der Waals surface area contributed by atoms with E-state index in [1.165, 1.54) is 0 Å². The Kier molecular flexibility index (Phi) is 5.00. The van der Waals surface area contributed by atoms with Crippen LogP contribution in [0.1, 0.15) is 33.3 Å². The second kappa shape index (κ2) is 6.29. The maximum atomic E-state index is 11.5. The fraction of sp³-hybridized carbons (Fsp3) is 0.462. The van der Waals surface area contributed by atoms with Crippen LogP contribution in [0.3, 0.4) is 0 Å². The van der Waals surface area contributed by atoms with Crippen molar-refractivity contribution in [2.24, 2.45) is 5.73 Å². The van der Waals surface area contributed by atoms with E-state index in [4.69, 9.17) is 10.5 Å². The van der Waals surface area contributed by atoms with Gasteiger partial charge in [0.05, 0.1) is 0 Å². The maximum Gasteiger partial charge on any atom is 0.414 e. The van der Waals surface area contributed by atoms with Crippen molar-refractivity contribution < 1.29 is 9.53 Å². The third kappa shape index (κ3) is 6.52. The van der Waals surface area contributed by atoms with Crippen LogP contribution < -0.4 is 11.1 Å². The van der Waals surface area contributed by atoms with Gasteiger partial charge in [0.15, 0.2) is 0 Å². The van der Waals surface area contributed by atoms with Crippen molar-refractivity contribution in [2.75, 3.05) is 5.32 Å². The molecule has 19 heavy (non-hydrogen) atoms. The van der Waals surface area contributed by atoms with E-state index >= 15 is 0 Å². The first kappa shape index (κ1) is 15.1. The van der Waals surface area contributed by atoms with Crippen molar-refractivity contribution in [3.63, 3.8) is 0 Å². The standard InChI is InChI=1S/C13H20N4O2/c1-9(14)5-6-10-7-15-11(16-8-10)17-12(18)19-13(2,3)4/h5-9H,14H2,1-4H3,(H,15,16,17,18)/b6-5+. The highest BCUT2D eigenvalue weighted by Gasteiger charge is 2.16. The molecule has 3 N–H and O–H groups in total.